The fraction of sp³-hybridized carbons (Fsp3) is 0.462. The molecule has 1 aliphatic rings. The van der Waals surface area contributed by atoms with Crippen LogP contribution in [0.25, 0.3) is 0 Å². The van der Waals surface area contributed by atoms with Crippen LogP contribution in [0, 0.1) is 0 Å². The molecule has 0 radical (unpaired) electrons. The summed E-state index contributed by atoms with van der Waals surface area (Å²) in [7, 11) is 0. The Balaban J connectivity index is 2.18. The first kappa shape index (κ1) is 14.6. The van der Waals surface area contributed by atoms with Crippen LogP contribution < -0.4 is 0 Å². The van der Waals surface area contributed by atoms with Gasteiger partial charge in [0.05, 0.1) is 19.3 Å². The lowest BCUT2D eigenvalue weighted by Crippen LogP contribution is -2.48. The Bertz CT molecular complexity index is 461. The quantitative estimate of drug-likeness (QED) is 0.912. The Hall–Kier alpha value is -0.810. The first-order valence-electron chi connectivity index (χ1n) is 6.01. The number of carbonyl (C=O) groups excluding carboxylic acids is 1. The molecule has 1 aromatic carbocycles. The van der Waals surface area contributed by atoms with Crippen molar-refractivity contribution in [3.63, 3.8) is 0 Å². The summed E-state index contributed by atoms with van der Waals surface area (Å²) in [4.78, 5) is 13.9. The Morgan fingerprint density at radius 2 is 2.05 bits per heavy atom. The van der Waals surface area contributed by atoms with Crippen LogP contribution in [0.4, 0.5) is 0 Å². The highest BCUT2D eigenvalue weighted by atomic mass is 35.5. The van der Waals surface area contributed by atoms with Crippen LogP contribution >= 0.6 is 23.2 Å². The maximum atomic E-state index is 12.3. The van der Waals surface area contributed by atoms with E-state index in [4.69, 9.17) is 27.9 Å². The molecule has 1 aromatic rings. The van der Waals surface area contributed by atoms with Gasteiger partial charge in [-0.05, 0) is 30.7 Å². The molecule has 4 nitrogen and oxygen atoms in total. The Morgan fingerprint density at radius 1 is 1.42 bits per heavy atom. The molecular weight excluding hydrogens is 289 g/mol. The minimum Gasteiger partial charge on any atom is -0.378 e. The van der Waals surface area contributed by atoms with Crippen LogP contribution in [0.3, 0.4) is 0 Å². The molecule has 0 aromatic heterocycles. The van der Waals surface area contributed by atoms with Gasteiger partial charge in [-0.25, -0.2) is 0 Å². The number of carbonyl (C=O) groups is 1. The molecular formula is C13H15Cl2NO3. The second-order valence-electron chi connectivity index (χ2n) is 4.56. The van der Waals surface area contributed by atoms with Crippen LogP contribution in [0.15, 0.2) is 18.2 Å². The third kappa shape index (κ3) is 3.39. The molecule has 0 bridgehead atoms. The minimum atomic E-state index is -1.25. The molecule has 1 aliphatic heterocycles. The van der Waals surface area contributed by atoms with E-state index in [-0.39, 0.29) is 11.9 Å². The molecule has 1 fully saturated rings. The number of halogens is 2. The van der Waals surface area contributed by atoms with Crippen molar-refractivity contribution in [1.82, 2.24) is 4.90 Å². The molecule has 0 aliphatic carbocycles. The maximum absolute atomic E-state index is 12.3. The van der Waals surface area contributed by atoms with Crippen molar-refractivity contribution in [2.24, 2.45) is 0 Å². The predicted octanol–water partition coefficient (Wildman–Crippen LogP) is 2.27. The van der Waals surface area contributed by atoms with Gasteiger partial charge in [-0.3, -0.25) is 4.79 Å². The van der Waals surface area contributed by atoms with Gasteiger partial charge in [-0.1, -0.05) is 23.2 Å². The number of amides is 1. The number of hydrogen-bond donors (Lipinski definition) is 1. The van der Waals surface area contributed by atoms with Gasteiger partial charge in [0, 0.05) is 16.6 Å². The highest BCUT2D eigenvalue weighted by molar-refractivity contribution is 6.34. The highest BCUT2D eigenvalue weighted by Crippen LogP contribution is 2.25. The van der Waals surface area contributed by atoms with Gasteiger partial charge < -0.3 is 14.7 Å². The second kappa shape index (κ2) is 6.09. The van der Waals surface area contributed by atoms with Crippen molar-refractivity contribution in [2.75, 3.05) is 19.8 Å². The van der Waals surface area contributed by atoms with Crippen molar-refractivity contribution in [3.8, 4) is 0 Å². The molecule has 19 heavy (non-hydrogen) atoms. The van der Waals surface area contributed by atoms with Gasteiger partial charge in [-0.2, -0.15) is 0 Å². The lowest BCUT2D eigenvalue weighted by atomic mass is 10.1. The van der Waals surface area contributed by atoms with Gasteiger partial charge in [0.1, 0.15) is 0 Å². The van der Waals surface area contributed by atoms with Crippen molar-refractivity contribution in [1.29, 1.82) is 0 Å². The summed E-state index contributed by atoms with van der Waals surface area (Å²) in [6, 6.07) is 4.59. The van der Waals surface area contributed by atoms with Crippen LogP contribution in [0.5, 0.6) is 0 Å². The van der Waals surface area contributed by atoms with Crippen LogP contribution in [-0.4, -0.2) is 41.7 Å². The monoisotopic (exact) mass is 303 g/mol. The largest absolute Gasteiger partial charge is 0.378 e. The van der Waals surface area contributed by atoms with Gasteiger partial charge in [0.25, 0.3) is 5.91 Å². The molecule has 1 heterocycles. The summed E-state index contributed by atoms with van der Waals surface area (Å²) >= 11 is 11.7. The molecule has 0 spiro atoms. The van der Waals surface area contributed by atoms with E-state index in [2.05, 4.69) is 0 Å². The summed E-state index contributed by atoms with van der Waals surface area (Å²) in [5.74, 6) is -0.353. The maximum Gasteiger partial charge on any atom is 0.256 e. The van der Waals surface area contributed by atoms with Gasteiger partial charge >= 0.3 is 0 Å². The summed E-state index contributed by atoms with van der Waals surface area (Å²) in [6.45, 7) is 3.33. The third-order valence-electron chi connectivity index (χ3n) is 3.09. The standard InChI is InChI=1S/C13H15Cl2NO3/c1-8-7-19-3-2-16(8)13(18)12(17)9-4-10(14)6-11(15)5-9/h4-6,8,12,17H,2-3,7H2,1H3. The van der Waals surface area contributed by atoms with Gasteiger partial charge in [0.15, 0.2) is 6.10 Å². The summed E-state index contributed by atoms with van der Waals surface area (Å²) in [5.41, 5.74) is 0.404. The zero-order valence-electron chi connectivity index (χ0n) is 10.5. The van der Waals surface area contributed by atoms with E-state index in [1.54, 1.807) is 23.1 Å². The van der Waals surface area contributed by atoms with Crippen molar-refractivity contribution in [3.05, 3.63) is 33.8 Å². The fourth-order valence-electron chi connectivity index (χ4n) is 2.09. The van der Waals surface area contributed by atoms with E-state index in [1.165, 1.54) is 0 Å². The lowest BCUT2D eigenvalue weighted by molar-refractivity contribution is -0.148. The summed E-state index contributed by atoms with van der Waals surface area (Å²) in [6.07, 6.45) is -1.25. The Labute approximate surface area is 121 Å². The van der Waals surface area contributed by atoms with E-state index < -0.39 is 6.10 Å². The minimum absolute atomic E-state index is 0.0504. The van der Waals surface area contributed by atoms with E-state index in [0.717, 1.165) is 0 Å². The zero-order chi connectivity index (χ0) is 14.0. The van der Waals surface area contributed by atoms with E-state index in [0.29, 0.717) is 35.4 Å². The normalized spacial score (nSPS) is 21.3. The first-order chi connectivity index (χ1) is 8.99. The van der Waals surface area contributed by atoms with E-state index in [9.17, 15) is 9.90 Å². The molecule has 2 rings (SSSR count). The van der Waals surface area contributed by atoms with Crippen molar-refractivity contribution < 1.29 is 14.6 Å². The first-order valence-corrected chi connectivity index (χ1v) is 6.77. The van der Waals surface area contributed by atoms with E-state index >= 15 is 0 Å². The molecule has 0 saturated carbocycles. The third-order valence-corrected chi connectivity index (χ3v) is 3.52. The number of nitrogens with zero attached hydrogens (tertiary/aromatic N) is 1. The summed E-state index contributed by atoms with van der Waals surface area (Å²) in [5, 5.41) is 10.9. The molecule has 2 atom stereocenters. The number of morpholine rings is 1. The second-order valence-corrected chi connectivity index (χ2v) is 5.43. The number of aliphatic hydroxyl groups excluding tert-OH is 1. The molecule has 6 heteroatoms. The fourth-order valence-corrected chi connectivity index (χ4v) is 2.63. The van der Waals surface area contributed by atoms with Gasteiger partial charge in [-0.15, -0.1) is 0 Å². The molecule has 104 valence electrons. The average Bonchev–Trinajstić information content (AvgIpc) is 2.36. The van der Waals surface area contributed by atoms with Crippen molar-refractivity contribution in [2.45, 2.75) is 19.1 Å². The average molecular weight is 304 g/mol. The van der Waals surface area contributed by atoms with Crippen LogP contribution in [-0.2, 0) is 9.53 Å². The number of rotatable bonds is 2. The number of hydrogen-bond acceptors (Lipinski definition) is 3. The predicted molar refractivity (Wildman–Crippen MR) is 73.4 cm³/mol. The molecule has 1 amide bonds. The van der Waals surface area contributed by atoms with Crippen LogP contribution in [0.2, 0.25) is 10.0 Å². The summed E-state index contributed by atoms with van der Waals surface area (Å²) < 4.78 is 5.27. The van der Waals surface area contributed by atoms with Crippen LogP contribution in [0.1, 0.15) is 18.6 Å². The van der Waals surface area contributed by atoms with E-state index in [1.807, 2.05) is 6.92 Å². The lowest BCUT2D eigenvalue weighted by Gasteiger charge is -2.34. The Morgan fingerprint density at radius 3 is 2.63 bits per heavy atom. The number of ether oxygens (including phenoxy) is 1. The topological polar surface area (TPSA) is 49.8 Å². The molecule has 2 unspecified atom stereocenters. The zero-order valence-corrected chi connectivity index (χ0v) is 12.0. The Kier molecular flexibility index (Phi) is 4.68. The molecule has 1 N–H and O–H groups in total. The number of benzene rings is 1. The van der Waals surface area contributed by atoms with Crippen molar-refractivity contribution >= 4 is 29.1 Å². The highest BCUT2D eigenvalue weighted by Gasteiger charge is 2.29. The molecule has 1 saturated heterocycles. The SMILES string of the molecule is CC1COCCN1C(=O)C(O)c1cc(Cl)cc(Cl)c1. The van der Waals surface area contributed by atoms with Gasteiger partial charge in [0.2, 0.25) is 0 Å². The smallest absolute Gasteiger partial charge is 0.256 e. The number of aliphatic hydroxyl groups is 1.